The van der Waals surface area contributed by atoms with Gasteiger partial charge in [0.05, 0.1) is 0 Å². The summed E-state index contributed by atoms with van der Waals surface area (Å²) in [5.41, 5.74) is 1.03. The van der Waals surface area contributed by atoms with E-state index >= 15 is 0 Å². The number of ether oxygens (including phenoxy) is 2. The van der Waals surface area contributed by atoms with E-state index in [4.69, 9.17) is 9.47 Å². The summed E-state index contributed by atoms with van der Waals surface area (Å²) in [5.74, 6) is 0. The first kappa shape index (κ1) is 18.5. The van der Waals surface area contributed by atoms with Gasteiger partial charge in [-0.2, -0.15) is 0 Å². The van der Waals surface area contributed by atoms with Gasteiger partial charge in [-0.15, -0.1) is 12.7 Å². The van der Waals surface area contributed by atoms with E-state index < -0.39 is 0 Å². The van der Waals surface area contributed by atoms with E-state index in [1.807, 2.05) is 30.3 Å². The monoisotopic (exact) mass is 257 g/mol. The summed E-state index contributed by atoms with van der Waals surface area (Å²) in [6, 6.07) is 9.87. The molecule has 2 aliphatic rings. The zero-order valence-corrected chi connectivity index (χ0v) is 12.3. The molecule has 0 bridgehead atoms. The van der Waals surface area contributed by atoms with Gasteiger partial charge in [-0.1, -0.05) is 30.3 Å². The molecule has 102 valence electrons. The fourth-order valence-corrected chi connectivity index (χ4v) is 1.60. The Labute approximate surface area is 129 Å². The number of hydrogen-bond donors (Lipinski definition) is 0. The van der Waals surface area contributed by atoms with Crippen molar-refractivity contribution >= 4 is 5.69 Å². The first-order valence-electron chi connectivity index (χ1n) is 6.74. The van der Waals surface area contributed by atoms with Crippen LogP contribution >= 0.6 is 0 Å². The van der Waals surface area contributed by atoms with Crippen LogP contribution in [0.1, 0.15) is 25.7 Å². The predicted octanol–water partition coefficient (Wildman–Crippen LogP) is 0.919. The Kier molecular flexibility index (Phi) is 13.6. The maximum Gasteiger partial charge on any atom is 1.00 e. The molecule has 19 heavy (non-hydrogen) atoms. The van der Waals surface area contributed by atoms with Crippen LogP contribution < -0.4 is 18.9 Å². The van der Waals surface area contributed by atoms with Gasteiger partial charge in [-0.25, -0.2) is 0 Å². The maximum atomic E-state index is 4.94. The molecule has 0 radical (unpaired) electrons. The normalized spacial score (nSPS) is 16.3. The predicted molar refractivity (Wildman–Crippen MR) is 75.5 cm³/mol. The number of rotatable bonds is 1. The standard InChI is InChI=1S/C7H8N.2C4H8O.Li/c1-8-7-5-3-2-4-6-7;2*1-2-4-5-3-1;/h2-6H,1H3;2*1-4H2;/q-1;;;+1. The van der Waals surface area contributed by atoms with Gasteiger partial charge in [0.2, 0.25) is 0 Å². The van der Waals surface area contributed by atoms with Crippen LogP contribution in [0, 0.1) is 0 Å². The minimum Gasteiger partial charge on any atom is -0.687 e. The molecule has 0 N–H and O–H groups in total. The molecule has 0 atom stereocenters. The van der Waals surface area contributed by atoms with Gasteiger partial charge in [0.15, 0.2) is 0 Å². The fraction of sp³-hybridized carbons (Fsp3) is 0.600. The van der Waals surface area contributed by atoms with E-state index in [2.05, 4.69) is 5.32 Å². The zero-order valence-electron chi connectivity index (χ0n) is 12.3. The average molecular weight is 257 g/mol. The molecule has 1 aromatic carbocycles. The number of para-hydroxylation sites is 1. The minimum atomic E-state index is 0. The third-order valence-corrected chi connectivity index (χ3v) is 2.67. The van der Waals surface area contributed by atoms with Crippen molar-refractivity contribution in [1.82, 2.24) is 0 Å². The maximum absolute atomic E-state index is 4.94. The first-order chi connectivity index (χ1) is 8.93. The Hall–Kier alpha value is -0.463. The molecule has 3 rings (SSSR count). The van der Waals surface area contributed by atoms with Gasteiger partial charge in [0, 0.05) is 26.4 Å². The quantitative estimate of drug-likeness (QED) is 0.701. The molecule has 0 unspecified atom stereocenters. The summed E-state index contributed by atoms with van der Waals surface area (Å²) in [7, 11) is 1.79. The molecule has 2 heterocycles. The third kappa shape index (κ3) is 11.1. The van der Waals surface area contributed by atoms with Crippen LogP contribution in [0.15, 0.2) is 30.3 Å². The average Bonchev–Trinajstić information content (AvgIpc) is 3.17. The molecule has 4 heteroatoms. The number of nitrogens with zero attached hydrogens (tertiary/aromatic N) is 1. The zero-order chi connectivity index (χ0) is 12.9. The molecule has 0 spiro atoms. The van der Waals surface area contributed by atoms with Gasteiger partial charge in [0.25, 0.3) is 0 Å². The van der Waals surface area contributed by atoms with E-state index in [0.717, 1.165) is 32.1 Å². The van der Waals surface area contributed by atoms with Gasteiger partial charge in [-0.05, 0) is 25.7 Å². The largest absolute Gasteiger partial charge is 1.00 e. The summed E-state index contributed by atoms with van der Waals surface area (Å²) in [4.78, 5) is 0. The Morgan fingerprint density at radius 1 is 0.789 bits per heavy atom. The van der Waals surface area contributed by atoms with Crippen LogP contribution in [-0.4, -0.2) is 33.5 Å². The summed E-state index contributed by atoms with van der Waals surface area (Å²) >= 11 is 0. The molecule has 0 amide bonds. The van der Waals surface area contributed by atoms with Crippen molar-refractivity contribution in [3.8, 4) is 0 Å². The summed E-state index contributed by atoms with van der Waals surface area (Å²) in [5, 5.41) is 3.97. The second-order valence-electron chi connectivity index (χ2n) is 4.20. The van der Waals surface area contributed by atoms with Gasteiger partial charge >= 0.3 is 18.9 Å². The minimum absolute atomic E-state index is 0. The Bertz CT molecular complexity index is 250. The molecule has 2 aliphatic heterocycles. The summed E-state index contributed by atoms with van der Waals surface area (Å²) in [6.45, 7) is 4.00. The Morgan fingerprint density at radius 3 is 1.42 bits per heavy atom. The van der Waals surface area contributed by atoms with Crippen LogP contribution in [0.5, 0.6) is 0 Å². The van der Waals surface area contributed by atoms with E-state index in [1.54, 1.807) is 7.05 Å². The van der Waals surface area contributed by atoms with Crippen LogP contribution in [-0.2, 0) is 9.47 Å². The first-order valence-corrected chi connectivity index (χ1v) is 6.74. The Morgan fingerprint density at radius 2 is 1.21 bits per heavy atom. The van der Waals surface area contributed by atoms with Crippen LogP contribution in [0.2, 0.25) is 0 Å². The van der Waals surface area contributed by atoms with Crippen molar-refractivity contribution in [2.45, 2.75) is 25.7 Å². The molecule has 2 saturated heterocycles. The van der Waals surface area contributed by atoms with Crippen molar-refractivity contribution < 1.29 is 28.3 Å². The van der Waals surface area contributed by atoms with Crippen molar-refractivity contribution in [2.24, 2.45) is 0 Å². The summed E-state index contributed by atoms with van der Waals surface area (Å²) in [6.07, 6.45) is 5.11. The molecule has 0 saturated carbocycles. The number of benzene rings is 1. The van der Waals surface area contributed by atoms with E-state index in [-0.39, 0.29) is 18.9 Å². The second kappa shape index (κ2) is 14.0. The van der Waals surface area contributed by atoms with Crippen molar-refractivity contribution in [3.63, 3.8) is 0 Å². The molecule has 2 fully saturated rings. The second-order valence-corrected chi connectivity index (χ2v) is 4.20. The Balaban J connectivity index is 0.000000259. The molecule has 1 aromatic rings. The molecular formula is C15H24LiNO2. The summed E-state index contributed by atoms with van der Waals surface area (Å²) < 4.78 is 9.89. The van der Waals surface area contributed by atoms with Gasteiger partial charge in [-0.3, -0.25) is 0 Å². The van der Waals surface area contributed by atoms with E-state index in [9.17, 15) is 0 Å². The number of hydrogen-bond acceptors (Lipinski definition) is 2. The smallest absolute Gasteiger partial charge is 0.687 e. The molecular weight excluding hydrogens is 233 g/mol. The van der Waals surface area contributed by atoms with Crippen LogP contribution in [0.4, 0.5) is 5.69 Å². The third-order valence-electron chi connectivity index (χ3n) is 2.67. The fourth-order valence-electron chi connectivity index (χ4n) is 1.60. The van der Waals surface area contributed by atoms with Crippen molar-refractivity contribution in [1.29, 1.82) is 0 Å². The molecule has 3 nitrogen and oxygen atoms in total. The molecule has 0 aliphatic carbocycles. The molecule has 0 aromatic heterocycles. The van der Waals surface area contributed by atoms with E-state index in [1.165, 1.54) is 25.7 Å². The van der Waals surface area contributed by atoms with Gasteiger partial charge in [0.1, 0.15) is 0 Å². The van der Waals surface area contributed by atoms with Crippen molar-refractivity contribution in [2.75, 3.05) is 33.5 Å². The van der Waals surface area contributed by atoms with Crippen LogP contribution in [0.3, 0.4) is 0 Å². The van der Waals surface area contributed by atoms with E-state index in [0.29, 0.717) is 0 Å². The SMILES string of the molecule is C1CCOC1.C1CCOC1.C[N-]c1ccccc1.[Li+]. The van der Waals surface area contributed by atoms with Gasteiger partial charge < -0.3 is 14.8 Å². The van der Waals surface area contributed by atoms with Crippen LogP contribution in [0.25, 0.3) is 5.32 Å². The topological polar surface area (TPSA) is 32.6 Å². The van der Waals surface area contributed by atoms with Crippen molar-refractivity contribution in [3.05, 3.63) is 35.6 Å².